The van der Waals surface area contributed by atoms with Gasteiger partial charge in [0.05, 0.1) is 5.56 Å². The number of carbonyl (C=O) groups is 1. The number of nitrogen functional groups attached to an aromatic ring is 1. The molecule has 1 fully saturated rings. The van der Waals surface area contributed by atoms with E-state index in [0.29, 0.717) is 24.0 Å². The summed E-state index contributed by atoms with van der Waals surface area (Å²) in [5.41, 5.74) is 6.08. The number of carbonyl (C=O) groups excluding carboxylic acids is 1. The number of hydrogen-bond donors (Lipinski definition) is 2. The molecule has 1 unspecified atom stereocenters. The molecule has 0 bridgehead atoms. The summed E-state index contributed by atoms with van der Waals surface area (Å²) in [6.07, 6.45) is 6.37. The van der Waals surface area contributed by atoms with Gasteiger partial charge >= 0.3 is 0 Å². The Bertz CT molecular complexity index is 432. The Labute approximate surface area is 120 Å². The van der Waals surface area contributed by atoms with Gasteiger partial charge in [-0.1, -0.05) is 13.3 Å². The number of aromatic nitrogens is 1. The Balaban J connectivity index is 1.81. The van der Waals surface area contributed by atoms with Gasteiger partial charge in [-0.2, -0.15) is 0 Å². The van der Waals surface area contributed by atoms with Crippen molar-refractivity contribution in [3.05, 3.63) is 23.9 Å². The van der Waals surface area contributed by atoms with Crippen LogP contribution in [0.4, 0.5) is 5.82 Å². The van der Waals surface area contributed by atoms with Crippen molar-refractivity contribution in [3.8, 4) is 0 Å². The molecule has 3 N–H and O–H groups in total. The van der Waals surface area contributed by atoms with Crippen molar-refractivity contribution in [2.24, 2.45) is 0 Å². The topological polar surface area (TPSA) is 71.2 Å². The molecule has 1 aromatic heterocycles. The number of likely N-dealkylation sites (tertiary alicyclic amines) is 1. The molecule has 20 heavy (non-hydrogen) atoms. The van der Waals surface area contributed by atoms with Gasteiger partial charge in [0.2, 0.25) is 0 Å². The lowest BCUT2D eigenvalue weighted by molar-refractivity contribution is 0.0940. The summed E-state index contributed by atoms with van der Waals surface area (Å²) in [6, 6.07) is 3.84. The van der Waals surface area contributed by atoms with E-state index in [1.807, 2.05) is 0 Å². The molecule has 1 aliphatic heterocycles. The first kappa shape index (κ1) is 14.8. The van der Waals surface area contributed by atoms with Crippen molar-refractivity contribution in [1.29, 1.82) is 0 Å². The van der Waals surface area contributed by atoms with Gasteiger partial charge < -0.3 is 11.1 Å². The molecule has 5 heteroatoms. The molecule has 0 aliphatic carbocycles. The Morgan fingerprint density at radius 1 is 1.55 bits per heavy atom. The molecule has 2 rings (SSSR count). The van der Waals surface area contributed by atoms with Gasteiger partial charge in [-0.3, -0.25) is 9.69 Å². The third kappa shape index (κ3) is 3.93. The predicted octanol–water partition coefficient (Wildman–Crippen LogP) is 1.66. The summed E-state index contributed by atoms with van der Waals surface area (Å²) < 4.78 is 0. The zero-order valence-corrected chi connectivity index (χ0v) is 12.1. The second-order valence-electron chi connectivity index (χ2n) is 5.37. The van der Waals surface area contributed by atoms with Gasteiger partial charge in [0.15, 0.2) is 0 Å². The Kier molecular flexibility index (Phi) is 5.35. The number of anilines is 1. The molecule has 0 spiro atoms. The van der Waals surface area contributed by atoms with Crippen molar-refractivity contribution in [2.45, 2.75) is 38.6 Å². The molecule has 1 saturated heterocycles. The molecule has 1 aliphatic rings. The molecule has 110 valence electrons. The average molecular weight is 276 g/mol. The number of hydrogen-bond acceptors (Lipinski definition) is 4. The van der Waals surface area contributed by atoms with E-state index in [0.717, 1.165) is 13.1 Å². The maximum absolute atomic E-state index is 12.0. The minimum Gasteiger partial charge on any atom is -0.384 e. The number of unbranched alkanes of at least 4 members (excludes halogenated alkanes) is 1. The van der Waals surface area contributed by atoms with Crippen LogP contribution in [0.15, 0.2) is 18.3 Å². The Morgan fingerprint density at radius 2 is 2.40 bits per heavy atom. The van der Waals surface area contributed by atoms with Gasteiger partial charge in [0, 0.05) is 18.8 Å². The van der Waals surface area contributed by atoms with Crippen LogP contribution in [-0.2, 0) is 0 Å². The zero-order chi connectivity index (χ0) is 14.4. The summed E-state index contributed by atoms with van der Waals surface area (Å²) >= 11 is 0. The third-order valence-corrected chi connectivity index (χ3v) is 3.84. The first-order valence-corrected chi connectivity index (χ1v) is 7.44. The molecular weight excluding hydrogens is 252 g/mol. The summed E-state index contributed by atoms with van der Waals surface area (Å²) in [7, 11) is 0. The average Bonchev–Trinajstić information content (AvgIpc) is 2.90. The quantitative estimate of drug-likeness (QED) is 0.829. The number of nitrogens with one attached hydrogen (secondary N) is 1. The fraction of sp³-hybridized carbons (Fsp3) is 0.600. The summed E-state index contributed by atoms with van der Waals surface area (Å²) in [6.45, 7) is 5.22. The number of nitrogens with zero attached hydrogens (tertiary/aromatic N) is 2. The van der Waals surface area contributed by atoms with Gasteiger partial charge in [-0.05, 0) is 44.5 Å². The number of nitrogens with two attached hydrogens (primary N) is 1. The molecule has 5 nitrogen and oxygen atoms in total. The van der Waals surface area contributed by atoms with E-state index in [1.54, 1.807) is 12.1 Å². The fourth-order valence-electron chi connectivity index (χ4n) is 2.63. The van der Waals surface area contributed by atoms with Gasteiger partial charge in [-0.25, -0.2) is 4.98 Å². The van der Waals surface area contributed by atoms with E-state index in [1.165, 1.54) is 31.9 Å². The lowest BCUT2D eigenvalue weighted by atomic mass is 10.2. The van der Waals surface area contributed by atoms with Crippen LogP contribution in [0.5, 0.6) is 0 Å². The standard InChI is InChI=1S/C15H24N4O/c1-2-3-8-19-9-4-5-13(19)11-18-15(20)12-6-7-14(16)17-10-12/h6-7,10,13H,2-5,8-9,11H2,1H3,(H2,16,17)(H,18,20). The van der Waals surface area contributed by atoms with E-state index in [9.17, 15) is 4.79 Å². The molecule has 0 aromatic carbocycles. The lowest BCUT2D eigenvalue weighted by Gasteiger charge is -2.24. The minimum absolute atomic E-state index is 0.0696. The van der Waals surface area contributed by atoms with Gasteiger partial charge in [0.1, 0.15) is 5.82 Å². The highest BCUT2D eigenvalue weighted by atomic mass is 16.1. The molecule has 0 radical (unpaired) electrons. The van der Waals surface area contributed by atoms with Crippen LogP contribution < -0.4 is 11.1 Å². The van der Waals surface area contributed by atoms with Crippen molar-refractivity contribution >= 4 is 11.7 Å². The summed E-state index contributed by atoms with van der Waals surface area (Å²) in [5, 5.41) is 3.01. The molecule has 1 amide bonds. The first-order valence-electron chi connectivity index (χ1n) is 7.44. The van der Waals surface area contributed by atoms with Crippen LogP contribution in [0.3, 0.4) is 0 Å². The maximum atomic E-state index is 12.0. The van der Waals surface area contributed by atoms with E-state index >= 15 is 0 Å². The van der Waals surface area contributed by atoms with Crippen molar-refractivity contribution in [2.75, 3.05) is 25.4 Å². The Hall–Kier alpha value is -1.62. The molecule has 0 saturated carbocycles. The van der Waals surface area contributed by atoms with Crippen LogP contribution in [0.2, 0.25) is 0 Å². The normalized spacial score (nSPS) is 19.1. The van der Waals surface area contributed by atoms with Crippen LogP contribution in [-0.4, -0.2) is 41.5 Å². The number of amides is 1. The molecular formula is C15H24N4O. The SMILES string of the molecule is CCCCN1CCCC1CNC(=O)c1ccc(N)nc1. The lowest BCUT2D eigenvalue weighted by Crippen LogP contribution is -2.40. The minimum atomic E-state index is -0.0696. The van der Waals surface area contributed by atoms with Gasteiger partial charge in [0.25, 0.3) is 5.91 Å². The van der Waals surface area contributed by atoms with Gasteiger partial charge in [-0.15, -0.1) is 0 Å². The van der Waals surface area contributed by atoms with Crippen LogP contribution in [0.25, 0.3) is 0 Å². The zero-order valence-electron chi connectivity index (χ0n) is 12.1. The second kappa shape index (κ2) is 7.24. The summed E-state index contributed by atoms with van der Waals surface area (Å²) in [5.74, 6) is 0.364. The molecule has 1 atom stereocenters. The van der Waals surface area contributed by atoms with Crippen molar-refractivity contribution < 1.29 is 4.79 Å². The van der Waals surface area contributed by atoms with Crippen LogP contribution >= 0.6 is 0 Å². The highest BCUT2D eigenvalue weighted by Gasteiger charge is 2.24. The van der Waals surface area contributed by atoms with E-state index in [4.69, 9.17) is 5.73 Å². The monoisotopic (exact) mass is 276 g/mol. The van der Waals surface area contributed by atoms with Crippen LogP contribution in [0, 0.1) is 0 Å². The number of rotatable bonds is 6. The predicted molar refractivity (Wildman–Crippen MR) is 80.5 cm³/mol. The van der Waals surface area contributed by atoms with E-state index in [-0.39, 0.29) is 5.91 Å². The molecule has 1 aromatic rings. The smallest absolute Gasteiger partial charge is 0.252 e. The number of pyridine rings is 1. The van der Waals surface area contributed by atoms with Crippen molar-refractivity contribution in [1.82, 2.24) is 15.2 Å². The fourth-order valence-corrected chi connectivity index (χ4v) is 2.63. The second-order valence-corrected chi connectivity index (χ2v) is 5.37. The Morgan fingerprint density at radius 3 is 3.10 bits per heavy atom. The van der Waals surface area contributed by atoms with Crippen molar-refractivity contribution in [3.63, 3.8) is 0 Å². The molecule has 2 heterocycles. The maximum Gasteiger partial charge on any atom is 0.252 e. The van der Waals surface area contributed by atoms with E-state index < -0.39 is 0 Å². The van der Waals surface area contributed by atoms with Crippen LogP contribution in [0.1, 0.15) is 43.0 Å². The first-order chi connectivity index (χ1) is 9.70. The van der Waals surface area contributed by atoms with E-state index in [2.05, 4.69) is 22.1 Å². The largest absolute Gasteiger partial charge is 0.384 e. The highest BCUT2D eigenvalue weighted by Crippen LogP contribution is 2.17. The third-order valence-electron chi connectivity index (χ3n) is 3.84. The summed E-state index contributed by atoms with van der Waals surface area (Å²) in [4.78, 5) is 18.5. The highest BCUT2D eigenvalue weighted by molar-refractivity contribution is 5.94.